The summed E-state index contributed by atoms with van der Waals surface area (Å²) in [6, 6.07) is 7.14. The van der Waals surface area contributed by atoms with Gasteiger partial charge in [-0.2, -0.15) is 0 Å². The maximum absolute atomic E-state index is 12.1. The number of likely N-dealkylation sites (tertiary alicyclic amines) is 1. The zero-order valence-corrected chi connectivity index (χ0v) is 14.0. The van der Waals surface area contributed by atoms with Crippen molar-refractivity contribution in [2.45, 2.75) is 32.2 Å². The van der Waals surface area contributed by atoms with Gasteiger partial charge >= 0.3 is 12.0 Å². The Bertz CT molecular complexity index is 672. The molecule has 0 bridgehead atoms. The van der Waals surface area contributed by atoms with Gasteiger partial charge in [0.1, 0.15) is 0 Å². The lowest BCUT2D eigenvalue weighted by Crippen LogP contribution is -2.38. The van der Waals surface area contributed by atoms with Crippen LogP contribution in [0.1, 0.15) is 31.2 Å². The first-order chi connectivity index (χ1) is 12.0. The quantitative estimate of drug-likeness (QED) is 0.760. The molecule has 1 aromatic rings. The van der Waals surface area contributed by atoms with E-state index in [0.29, 0.717) is 19.5 Å². The summed E-state index contributed by atoms with van der Waals surface area (Å²) in [6.07, 6.45) is 3.51. The molecule has 134 valence electrons. The third-order valence-electron chi connectivity index (χ3n) is 4.94. The van der Waals surface area contributed by atoms with Crippen LogP contribution in [-0.2, 0) is 16.1 Å². The Morgan fingerprint density at radius 2 is 1.96 bits per heavy atom. The van der Waals surface area contributed by atoms with Crippen LogP contribution in [0.25, 0.3) is 0 Å². The number of benzene rings is 1. The van der Waals surface area contributed by atoms with Crippen molar-refractivity contribution in [2.24, 2.45) is 11.8 Å². The first kappa shape index (κ1) is 17.3. The van der Waals surface area contributed by atoms with Crippen molar-refractivity contribution in [2.75, 3.05) is 18.4 Å². The summed E-state index contributed by atoms with van der Waals surface area (Å²) in [7, 11) is 0. The molecule has 1 atom stereocenters. The van der Waals surface area contributed by atoms with Gasteiger partial charge in [0, 0.05) is 31.2 Å². The summed E-state index contributed by atoms with van der Waals surface area (Å²) in [6.45, 7) is 1.04. The normalized spacial score (nSPS) is 20.0. The standard InChI is InChI=1S/C18H23N3O4/c22-16(13-4-2-5-13)20-15-6-1-3-12(9-15)10-19-18(25)21-8-7-14(11-21)17(23)24/h1,3,6,9,13-14H,2,4-5,7-8,10-11H2,(H,19,25)(H,20,22)(H,23,24). The van der Waals surface area contributed by atoms with Crippen molar-refractivity contribution in [3.05, 3.63) is 29.8 Å². The summed E-state index contributed by atoms with van der Waals surface area (Å²) in [5, 5.41) is 14.7. The van der Waals surface area contributed by atoms with E-state index in [9.17, 15) is 14.4 Å². The summed E-state index contributed by atoms with van der Waals surface area (Å²) in [4.78, 5) is 36.6. The van der Waals surface area contributed by atoms with Gasteiger partial charge in [0.2, 0.25) is 5.91 Å². The van der Waals surface area contributed by atoms with Gasteiger partial charge < -0.3 is 20.6 Å². The van der Waals surface area contributed by atoms with Crippen LogP contribution in [0.2, 0.25) is 0 Å². The number of urea groups is 1. The molecule has 1 aromatic carbocycles. The number of rotatable bonds is 5. The Labute approximate surface area is 146 Å². The summed E-state index contributed by atoms with van der Waals surface area (Å²) >= 11 is 0. The largest absolute Gasteiger partial charge is 0.481 e. The highest BCUT2D eigenvalue weighted by Crippen LogP contribution is 2.27. The Kier molecular flexibility index (Phi) is 5.21. The summed E-state index contributed by atoms with van der Waals surface area (Å²) in [5.74, 6) is -1.15. The van der Waals surface area contributed by atoms with Gasteiger partial charge in [0.15, 0.2) is 0 Å². The van der Waals surface area contributed by atoms with E-state index >= 15 is 0 Å². The van der Waals surface area contributed by atoms with Gasteiger partial charge in [-0.3, -0.25) is 9.59 Å². The van der Waals surface area contributed by atoms with Crippen molar-refractivity contribution in [1.29, 1.82) is 0 Å². The Morgan fingerprint density at radius 1 is 1.16 bits per heavy atom. The topological polar surface area (TPSA) is 98.7 Å². The van der Waals surface area contributed by atoms with Crippen LogP contribution < -0.4 is 10.6 Å². The van der Waals surface area contributed by atoms with E-state index in [2.05, 4.69) is 10.6 Å². The van der Waals surface area contributed by atoms with Crippen LogP contribution in [0, 0.1) is 11.8 Å². The maximum atomic E-state index is 12.1. The lowest BCUT2D eigenvalue weighted by molar-refractivity contribution is -0.141. The number of aliphatic carboxylic acids is 1. The van der Waals surface area contributed by atoms with Gasteiger partial charge in [-0.1, -0.05) is 18.6 Å². The molecule has 0 radical (unpaired) electrons. The fourth-order valence-electron chi connectivity index (χ4n) is 3.11. The number of nitrogens with one attached hydrogen (secondary N) is 2. The summed E-state index contributed by atoms with van der Waals surface area (Å²) in [5.41, 5.74) is 1.62. The number of nitrogens with zero attached hydrogens (tertiary/aromatic N) is 1. The number of anilines is 1. The Hall–Kier alpha value is -2.57. The van der Waals surface area contributed by atoms with E-state index in [1.54, 1.807) is 0 Å². The molecule has 1 aliphatic heterocycles. The molecule has 1 heterocycles. The first-order valence-corrected chi connectivity index (χ1v) is 8.68. The molecule has 1 saturated carbocycles. The fourth-order valence-corrected chi connectivity index (χ4v) is 3.11. The van der Waals surface area contributed by atoms with Crippen LogP contribution in [0.15, 0.2) is 24.3 Å². The molecule has 1 saturated heterocycles. The first-order valence-electron chi connectivity index (χ1n) is 8.68. The predicted molar refractivity (Wildman–Crippen MR) is 92.0 cm³/mol. The van der Waals surface area contributed by atoms with Gasteiger partial charge in [0.05, 0.1) is 5.92 Å². The molecule has 2 aliphatic rings. The third-order valence-corrected chi connectivity index (χ3v) is 4.94. The smallest absolute Gasteiger partial charge is 0.317 e. The van der Waals surface area contributed by atoms with Crippen LogP contribution in [-0.4, -0.2) is 41.0 Å². The number of carboxylic acid groups (broad SMARTS) is 1. The van der Waals surface area contributed by atoms with Gasteiger partial charge in [-0.05, 0) is 37.0 Å². The molecular formula is C18H23N3O4. The van der Waals surface area contributed by atoms with Crippen molar-refractivity contribution in [3.63, 3.8) is 0 Å². The minimum absolute atomic E-state index is 0.0595. The summed E-state index contributed by atoms with van der Waals surface area (Å²) < 4.78 is 0. The Balaban J connectivity index is 1.49. The van der Waals surface area contributed by atoms with Crippen molar-refractivity contribution in [1.82, 2.24) is 10.2 Å². The molecule has 3 rings (SSSR count). The van der Waals surface area contributed by atoms with Crippen LogP contribution in [0.4, 0.5) is 10.5 Å². The second-order valence-electron chi connectivity index (χ2n) is 6.75. The molecule has 3 amide bonds. The molecule has 3 N–H and O–H groups in total. The van der Waals surface area contributed by atoms with Gasteiger partial charge in [0.25, 0.3) is 0 Å². The molecule has 0 aromatic heterocycles. The monoisotopic (exact) mass is 345 g/mol. The van der Waals surface area contributed by atoms with E-state index in [0.717, 1.165) is 30.5 Å². The highest BCUT2D eigenvalue weighted by molar-refractivity contribution is 5.93. The van der Waals surface area contributed by atoms with E-state index in [4.69, 9.17) is 5.11 Å². The second kappa shape index (κ2) is 7.55. The molecule has 1 aliphatic carbocycles. The minimum atomic E-state index is -0.856. The molecular weight excluding hydrogens is 322 g/mol. The molecule has 25 heavy (non-hydrogen) atoms. The Morgan fingerprint density at radius 3 is 2.60 bits per heavy atom. The number of hydrogen-bond donors (Lipinski definition) is 3. The highest BCUT2D eigenvalue weighted by atomic mass is 16.4. The highest BCUT2D eigenvalue weighted by Gasteiger charge is 2.30. The molecule has 2 fully saturated rings. The number of carboxylic acids is 1. The number of hydrogen-bond acceptors (Lipinski definition) is 3. The van der Waals surface area contributed by atoms with E-state index < -0.39 is 11.9 Å². The number of amides is 3. The SMILES string of the molecule is O=C(O)C1CCN(C(=O)NCc2cccc(NC(=O)C3CCC3)c2)C1. The zero-order chi connectivity index (χ0) is 17.8. The predicted octanol–water partition coefficient (Wildman–Crippen LogP) is 2.04. The number of carbonyl (C=O) groups excluding carboxylic acids is 2. The van der Waals surface area contributed by atoms with E-state index in [1.807, 2.05) is 24.3 Å². The van der Waals surface area contributed by atoms with E-state index in [1.165, 1.54) is 4.90 Å². The van der Waals surface area contributed by atoms with Crippen LogP contribution in [0.3, 0.4) is 0 Å². The van der Waals surface area contributed by atoms with Gasteiger partial charge in [-0.15, -0.1) is 0 Å². The number of carbonyl (C=O) groups is 3. The van der Waals surface area contributed by atoms with Crippen LogP contribution >= 0.6 is 0 Å². The van der Waals surface area contributed by atoms with E-state index in [-0.39, 0.29) is 24.4 Å². The second-order valence-corrected chi connectivity index (χ2v) is 6.75. The third kappa shape index (κ3) is 4.29. The maximum Gasteiger partial charge on any atom is 0.317 e. The molecule has 7 nitrogen and oxygen atoms in total. The zero-order valence-electron chi connectivity index (χ0n) is 14.0. The van der Waals surface area contributed by atoms with Crippen LogP contribution in [0.5, 0.6) is 0 Å². The molecule has 7 heteroatoms. The average Bonchev–Trinajstić information content (AvgIpc) is 3.01. The fraction of sp³-hybridized carbons (Fsp3) is 0.500. The molecule has 0 spiro atoms. The average molecular weight is 345 g/mol. The lowest BCUT2D eigenvalue weighted by Gasteiger charge is -2.24. The van der Waals surface area contributed by atoms with Crippen molar-refractivity contribution < 1.29 is 19.5 Å². The minimum Gasteiger partial charge on any atom is -0.481 e. The van der Waals surface area contributed by atoms with Crippen molar-refractivity contribution >= 4 is 23.6 Å². The van der Waals surface area contributed by atoms with Gasteiger partial charge in [-0.25, -0.2) is 4.79 Å². The van der Waals surface area contributed by atoms with Crippen molar-refractivity contribution in [3.8, 4) is 0 Å². The molecule has 1 unspecified atom stereocenters. The lowest BCUT2D eigenvalue weighted by atomic mass is 9.85.